The van der Waals surface area contributed by atoms with Gasteiger partial charge in [-0.05, 0) is 35.2 Å². The first-order valence-corrected chi connectivity index (χ1v) is 11.3. The quantitative estimate of drug-likeness (QED) is 0.239. The van der Waals surface area contributed by atoms with Crippen molar-refractivity contribution >= 4 is 24.3 Å². The zero-order valence-corrected chi connectivity index (χ0v) is 20.9. The lowest BCUT2D eigenvalue weighted by Gasteiger charge is -2.22. The van der Waals surface area contributed by atoms with Gasteiger partial charge in [-0.1, -0.05) is 60.7 Å². The molecule has 0 fully saturated rings. The normalized spacial score (nSPS) is 12.7. The number of carbonyl (C=O) groups is 1. The molecule has 2 atom stereocenters. The third-order valence-electron chi connectivity index (χ3n) is 5.65. The first kappa shape index (κ1) is 29.3. The first-order chi connectivity index (χ1) is 18.0. The van der Waals surface area contributed by atoms with Crippen LogP contribution < -0.4 is 16.2 Å². The van der Waals surface area contributed by atoms with Gasteiger partial charge in [-0.25, -0.2) is 9.37 Å². The molecule has 0 saturated carbocycles. The Kier molecular flexibility index (Phi) is 9.10. The fourth-order valence-electron chi connectivity index (χ4n) is 3.77. The zero-order chi connectivity index (χ0) is 27.4. The molecule has 7 nitrogen and oxygen atoms in total. The summed E-state index contributed by atoms with van der Waals surface area (Å²) in [6, 6.07) is 17.8. The van der Waals surface area contributed by atoms with Crippen molar-refractivity contribution in [1.29, 1.82) is 0 Å². The Morgan fingerprint density at radius 2 is 1.56 bits per heavy atom. The second-order valence-electron chi connectivity index (χ2n) is 8.47. The van der Waals surface area contributed by atoms with Crippen molar-refractivity contribution in [3.63, 3.8) is 0 Å². The summed E-state index contributed by atoms with van der Waals surface area (Å²) in [7, 11) is 0. The lowest BCUT2D eigenvalue weighted by molar-refractivity contribution is -0.198. The molecule has 39 heavy (non-hydrogen) atoms. The summed E-state index contributed by atoms with van der Waals surface area (Å²) in [5.41, 5.74) is 13.5. The molecule has 0 spiro atoms. The van der Waals surface area contributed by atoms with Gasteiger partial charge in [0.25, 0.3) is 0 Å². The highest BCUT2D eigenvalue weighted by atomic mass is 35.5. The Balaban J connectivity index is 0.00000420. The van der Waals surface area contributed by atoms with Gasteiger partial charge < -0.3 is 21.3 Å². The van der Waals surface area contributed by atoms with Crippen LogP contribution in [0.25, 0.3) is 22.4 Å². The number of carboxylic acids is 1. The number of nitrogens with zero attached hydrogens (tertiary/aromatic N) is 2. The third-order valence-corrected chi connectivity index (χ3v) is 5.65. The molecule has 204 valence electrons. The number of halogens is 5. The predicted molar refractivity (Wildman–Crippen MR) is 140 cm³/mol. The molecular formula is C27H23ClF4N4O3. The minimum Gasteiger partial charge on any atom is -0.480 e. The van der Waals surface area contributed by atoms with Crippen LogP contribution in [0.4, 0.5) is 23.5 Å². The smallest absolute Gasteiger partial charge is 0.429 e. The summed E-state index contributed by atoms with van der Waals surface area (Å²) >= 11 is 0. The second kappa shape index (κ2) is 12.1. The Labute approximate surface area is 226 Å². The number of aliphatic carboxylic acids is 1. The van der Waals surface area contributed by atoms with Gasteiger partial charge in [0.15, 0.2) is 0 Å². The van der Waals surface area contributed by atoms with Crippen LogP contribution in [0.15, 0.2) is 78.9 Å². The molecule has 0 aliphatic carbocycles. The van der Waals surface area contributed by atoms with E-state index < -0.39 is 30.1 Å². The van der Waals surface area contributed by atoms with Crippen LogP contribution in [-0.2, 0) is 11.2 Å². The number of ether oxygens (including phenoxy) is 1. The topological polar surface area (TPSA) is 124 Å². The standard InChI is InChI=1S/C27H22F4N4O3.ClH/c28-20-3-1-2-19(13-20)16-8-10-18(11-9-16)24(27(29,30)31)38-23-14-22(34-26(33)35-23)17-6-4-15(5-7-17)12-21(32)25(36)37;/h1-11,13-14,21,24H,12,32H2,(H,36,37)(H2,33,34,35);1H/t21-,24?;/m0./s1. The van der Waals surface area contributed by atoms with Crippen LogP contribution in [0.2, 0.25) is 0 Å². The largest absolute Gasteiger partial charge is 0.480 e. The predicted octanol–water partition coefficient (Wildman–Crippen LogP) is 5.59. The molecule has 0 aliphatic heterocycles. The SMILES string of the molecule is Cl.Nc1nc(OC(c2ccc(-c3cccc(F)c3)cc2)C(F)(F)F)cc(-c2ccc(C[C@H](N)C(=O)O)cc2)n1. The fourth-order valence-corrected chi connectivity index (χ4v) is 3.77. The molecule has 0 saturated heterocycles. The van der Waals surface area contributed by atoms with Gasteiger partial charge in [0.2, 0.25) is 17.9 Å². The van der Waals surface area contributed by atoms with E-state index in [4.69, 9.17) is 21.3 Å². The average Bonchev–Trinajstić information content (AvgIpc) is 2.87. The number of anilines is 1. The van der Waals surface area contributed by atoms with E-state index >= 15 is 0 Å². The zero-order valence-electron chi connectivity index (χ0n) is 20.1. The van der Waals surface area contributed by atoms with Gasteiger partial charge >= 0.3 is 12.1 Å². The number of nitrogen functional groups attached to an aromatic ring is 1. The lowest BCUT2D eigenvalue weighted by atomic mass is 10.0. The summed E-state index contributed by atoms with van der Waals surface area (Å²) in [4.78, 5) is 18.8. The van der Waals surface area contributed by atoms with Gasteiger partial charge in [-0.15, -0.1) is 12.4 Å². The van der Waals surface area contributed by atoms with Crippen LogP contribution in [0.1, 0.15) is 17.2 Å². The van der Waals surface area contributed by atoms with Crippen LogP contribution in [-0.4, -0.2) is 33.3 Å². The molecule has 0 radical (unpaired) electrons. The van der Waals surface area contributed by atoms with Gasteiger partial charge in [0.05, 0.1) is 5.69 Å². The third kappa shape index (κ3) is 7.43. The van der Waals surface area contributed by atoms with Crippen molar-refractivity contribution in [2.75, 3.05) is 5.73 Å². The Morgan fingerprint density at radius 1 is 0.923 bits per heavy atom. The number of carboxylic acid groups (broad SMARTS) is 1. The summed E-state index contributed by atoms with van der Waals surface area (Å²) in [5, 5.41) is 8.96. The van der Waals surface area contributed by atoms with Gasteiger partial charge in [-0.2, -0.15) is 18.2 Å². The monoisotopic (exact) mass is 562 g/mol. The molecule has 0 aliphatic rings. The van der Waals surface area contributed by atoms with E-state index in [0.717, 1.165) is 0 Å². The van der Waals surface area contributed by atoms with Crippen LogP contribution in [0.5, 0.6) is 5.88 Å². The van der Waals surface area contributed by atoms with Crippen molar-refractivity contribution in [2.45, 2.75) is 24.7 Å². The highest BCUT2D eigenvalue weighted by Gasteiger charge is 2.43. The van der Waals surface area contributed by atoms with Crippen molar-refractivity contribution in [3.8, 4) is 28.3 Å². The van der Waals surface area contributed by atoms with Crippen LogP contribution in [0, 0.1) is 5.82 Å². The van der Waals surface area contributed by atoms with E-state index in [1.54, 1.807) is 30.3 Å². The van der Waals surface area contributed by atoms with E-state index in [2.05, 4.69) is 9.97 Å². The van der Waals surface area contributed by atoms with Gasteiger partial charge in [-0.3, -0.25) is 4.79 Å². The van der Waals surface area contributed by atoms with E-state index in [9.17, 15) is 22.4 Å². The molecule has 1 unspecified atom stereocenters. The van der Waals surface area contributed by atoms with Crippen molar-refractivity contribution < 1.29 is 32.2 Å². The molecule has 4 rings (SSSR count). The van der Waals surface area contributed by atoms with Gasteiger partial charge in [0.1, 0.15) is 11.9 Å². The van der Waals surface area contributed by atoms with E-state index in [-0.39, 0.29) is 41.9 Å². The minimum atomic E-state index is -4.79. The minimum absolute atomic E-state index is 0. The Morgan fingerprint density at radius 3 is 2.15 bits per heavy atom. The number of aromatic nitrogens is 2. The molecule has 0 amide bonds. The molecule has 1 aromatic heterocycles. The summed E-state index contributed by atoms with van der Waals surface area (Å²) in [6.45, 7) is 0. The van der Waals surface area contributed by atoms with Crippen LogP contribution in [0.3, 0.4) is 0 Å². The molecule has 5 N–H and O–H groups in total. The molecule has 0 bridgehead atoms. The summed E-state index contributed by atoms with van der Waals surface area (Å²) < 4.78 is 60.8. The highest BCUT2D eigenvalue weighted by Crippen LogP contribution is 2.38. The molecule has 1 heterocycles. The fraction of sp³-hybridized carbons (Fsp3) is 0.148. The summed E-state index contributed by atoms with van der Waals surface area (Å²) in [5.74, 6) is -2.28. The molecule has 4 aromatic rings. The van der Waals surface area contributed by atoms with Crippen molar-refractivity contribution in [1.82, 2.24) is 9.97 Å². The summed E-state index contributed by atoms with van der Waals surface area (Å²) in [6.07, 6.45) is -7.04. The number of hydrogen-bond donors (Lipinski definition) is 3. The number of alkyl halides is 3. The van der Waals surface area contributed by atoms with E-state index in [0.29, 0.717) is 22.3 Å². The van der Waals surface area contributed by atoms with E-state index in [1.165, 1.54) is 48.5 Å². The Hall–Kier alpha value is -4.22. The maximum Gasteiger partial charge on any atom is 0.429 e. The van der Waals surface area contributed by atoms with Crippen molar-refractivity contribution in [2.24, 2.45) is 5.73 Å². The average molecular weight is 563 g/mol. The lowest BCUT2D eigenvalue weighted by Crippen LogP contribution is -2.32. The molecular weight excluding hydrogens is 540 g/mol. The number of nitrogens with two attached hydrogens (primary N) is 2. The second-order valence-corrected chi connectivity index (χ2v) is 8.47. The number of hydrogen-bond acceptors (Lipinski definition) is 6. The van der Waals surface area contributed by atoms with E-state index in [1.807, 2.05) is 0 Å². The van der Waals surface area contributed by atoms with Crippen LogP contribution >= 0.6 is 12.4 Å². The maximum absolute atomic E-state index is 14.0. The maximum atomic E-state index is 14.0. The van der Waals surface area contributed by atoms with Crippen molar-refractivity contribution in [3.05, 3.63) is 95.8 Å². The van der Waals surface area contributed by atoms with Gasteiger partial charge in [0, 0.05) is 17.2 Å². The number of rotatable bonds is 8. The molecule has 3 aromatic carbocycles. The highest BCUT2D eigenvalue weighted by molar-refractivity contribution is 5.85. The first-order valence-electron chi connectivity index (χ1n) is 11.3. The number of benzene rings is 3. The Bertz CT molecular complexity index is 1430. The molecule has 12 heteroatoms.